The molecule has 0 N–H and O–H groups in total. The normalized spacial score (nSPS) is 13.8. The smallest absolute Gasteiger partial charge is 0.233 e. The third-order valence-electron chi connectivity index (χ3n) is 5.16. The molecule has 0 radical (unpaired) electrons. The summed E-state index contributed by atoms with van der Waals surface area (Å²) in [7, 11) is 3.25. The molecule has 0 atom stereocenters. The number of methoxy groups -OCH3 is 2. The number of hydrogen-bond donors (Lipinski definition) is 0. The van der Waals surface area contributed by atoms with E-state index in [-0.39, 0.29) is 11.8 Å². The van der Waals surface area contributed by atoms with Gasteiger partial charge < -0.3 is 18.9 Å². The Bertz CT molecular complexity index is 978. The van der Waals surface area contributed by atoms with Crippen LogP contribution in [0.4, 0.5) is 0 Å². The van der Waals surface area contributed by atoms with Gasteiger partial charge in [-0.05, 0) is 36.2 Å². The summed E-state index contributed by atoms with van der Waals surface area (Å²) in [4.78, 5) is 18.8. The number of benzene rings is 2. The van der Waals surface area contributed by atoms with Crippen LogP contribution in [0.5, 0.6) is 11.5 Å². The van der Waals surface area contributed by atoms with Crippen molar-refractivity contribution < 1.29 is 18.8 Å². The molecule has 0 unspecified atom stereocenters. The number of aryl methyl sites for hydroxylation is 1. The fourth-order valence-electron chi connectivity index (χ4n) is 3.38. The average Bonchev–Trinajstić information content (AvgIpc) is 3.21. The van der Waals surface area contributed by atoms with E-state index in [1.54, 1.807) is 14.2 Å². The zero-order chi connectivity index (χ0) is 20.2. The van der Waals surface area contributed by atoms with E-state index in [9.17, 15) is 4.79 Å². The molecule has 4 rings (SSSR count). The molecule has 0 spiro atoms. The Labute approximate surface area is 169 Å². The van der Waals surface area contributed by atoms with E-state index in [0.29, 0.717) is 43.4 Å². The number of likely N-dealkylation sites (tertiary alicyclic amines) is 1. The van der Waals surface area contributed by atoms with E-state index in [0.717, 1.165) is 16.9 Å². The van der Waals surface area contributed by atoms with Crippen molar-refractivity contribution in [1.82, 2.24) is 15.0 Å². The molecule has 7 nitrogen and oxygen atoms in total. The fourth-order valence-corrected chi connectivity index (χ4v) is 3.38. The number of rotatable bonds is 7. The van der Waals surface area contributed by atoms with Crippen LogP contribution >= 0.6 is 0 Å². The van der Waals surface area contributed by atoms with Crippen molar-refractivity contribution in [2.75, 3.05) is 27.3 Å². The number of hydrogen-bond acceptors (Lipinski definition) is 6. The second-order valence-corrected chi connectivity index (χ2v) is 7.00. The molecule has 1 aliphatic heterocycles. The van der Waals surface area contributed by atoms with Crippen LogP contribution in [0.15, 0.2) is 53.1 Å². The Morgan fingerprint density at radius 2 is 1.86 bits per heavy atom. The number of carbonyl (C=O) groups is 1. The third-order valence-corrected chi connectivity index (χ3v) is 5.16. The molecular weight excluding hydrogens is 370 g/mol. The molecule has 150 valence electrons. The van der Waals surface area contributed by atoms with Crippen LogP contribution in [-0.4, -0.2) is 48.3 Å². The fraction of sp³-hybridized carbons (Fsp3) is 0.318. The van der Waals surface area contributed by atoms with E-state index in [1.165, 1.54) is 0 Å². The molecule has 2 heterocycles. The molecule has 2 aromatic carbocycles. The predicted molar refractivity (Wildman–Crippen MR) is 107 cm³/mol. The summed E-state index contributed by atoms with van der Waals surface area (Å²) >= 11 is 0. The summed E-state index contributed by atoms with van der Waals surface area (Å²) in [5.41, 5.74) is 1.91. The first kappa shape index (κ1) is 19.0. The minimum absolute atomic E-state index is 0.0795. The van der Waals surface area contributed by atoms with Gasteiger partial charge >= 0.3 is 0 Å². The third kappa shape index (κ3) is 4.08. The summed E-state index contributed by atoms with van der Waals surface area (Å²) in [6, 6.07) is 15.3. The van der Waals surface area contributed by atoms with E-state index < -0.39 is 0 Å². The lowest BCUT2D eigenvalue weighted by atomic mass is 9.98. The van der Waals surface area contributed by atoms with Crippen molar-refractivity contribution in [3.8, 4) is 22.9 Å². The van der Waals surface area contributed by atoms with Gasteiger partial charge in [-0.25, -0.2) is 0 Å². The monoisotopic (exact) mass is 393 g/mol. The van der Waals surface area contributed by atoms with Crippen LogP contribution in [0, 0.1) is 0 Å². The van der Waals surface area contributed by atoms with Crippen molar-refractivity contribution in [2.45, 2.75) is 18.8 Å². The quantitative estimate of drug-likeness (QED) is 0.613. The van der Waals surface area contributed by atoms with Crippen molar-refractivity contribution >= 4 is 5.91 Å². The zero-order valence-electron chi connectivity index (χ0n) is 16.5. The molecule has 29 heavy (non-hydrogen) atoms. The van der Waals surface area contributed by atoms with Gasteiger partial charge in [-0.2, -0.15) is 4.98 Å². The maximum Gasteiger partial charge on any atom is 0.233 e. The van der Waals surface area contributed by atoms with E-state index >= 15 is 0 Å². The second kappa shape index (κ2) is 8.34. The van der Waals surface area contributed by atoms with Gasteiger partial charge in [-0.3, -0.25) is 4.79 Å². The van der Waals surface area contributed by atoms with Crippen LogP contribution in [-0.2, 0) is 11.2 Å². The maximum atomic E-state index is 12.4. The highest BCUT2D eigenvalue weighted by molar-refractivity contribution is 5.77. The highest BCUT2D eigenvalue weighted by Crippen LogP contribution is 2.31. The van der Waals surface area contributed by atoms with E-state index in [4.69, 9.17) is 14.0 Å². The first-order valence-corrected chi connectivity index (χ1v) is 9.55. The number of aromatic nitrogens is 2. The molecule has 0 aliphatic carbocycles. The molecule has 7 heteroatoms. The molecule has 1 amide bonds. The SMILES string of the molecule is COc1ccc(CCC(=O)N2CC(c3nc(-c4ccccc4OC)no3)C2)cc1. The highest BCUT2D eigenvalue weighted by Gasteiger charge is 2.35. The minimum Gasteiger partial charge on any atom is -0.497 e. The van der Waals surface area contributed by atoms with Gasteiger partial charge in [0.2, 0.25) is 17.6 Å². The minimum atomic E-state index is 0.0795. The van der Waals surface area contributed by atoms with Crippen molar-refractivity contribution in [1.29, 1.82) is 0 Å². The van der Waals surface area contributed by atoms with Crippen molar-refractivity contribution in [3.63, 3.8) is 0 Å². The Balaban J connectivity index is 1.30. The molecule has 1 aliphatic rings. The molecule has 0 saturated carbocycles. The van der Waals surface area contributed by atoms with Gasteiger partial charge in [0, 0.05) is 19.5 Å². The average molecular weight is 393 g/mol. The summed E-state index contributed by atoms with van der Waals surface area (Å²) in [5, 5.41) is 4.08. The lowest BCUT2D eigenvalue weighted by molar-refractivity contribution is -0.135. The van der Waals surface area contributed by atoms with Gasteiger partial charge in [0.05, 0.1) is 25.7 Å². The molecule has 1 saturated heterocycles. The first-order chi connectivity index (χ1) is 14.2. The van der Waals surface area contributed by atoms with Gasteiger partial charge in [-0.1, -0.05) is 29.4 Å². The number of carbonyl (C=O) groups excluding carboxylic acids is 1. The molecule has 1 fully saturated rings. The Kier molecular flexibility index (Phi) is 5.46. The Morgan fingerprint density at radius 3 is 2.59 bits per heavy atom. The number of nitrogens with zero attached hydrogens (tertiary/aromatic N) is 3. The summed E-state index contributed by atoms with van der Waals surface area (Å²) in [6.07, 6.45) is 1.19. The summed E-state index contributed by atoms with van der Waals surface area (Å²) in [6.45, 7) is 1.21. The van der Waals surface area contributed by atoms with Crippen LogP contribution in [0.2, 0.25) is 0 Å². The van der Waals surface area contributed by atoms with Gasteiger partial charge in [-0.15, -0.1) is 0 Å². The summed E-state index contributed by atoms with van der Waals surface area (Å²) < 4.78 is 15.9. The Morgan fingerprint density at radius 1 is 1.10 bits per heavy atom. The van der Waals surface area contributed by atoms with E-state index in [2.05, 4.69) is 10.1 Å². The maximum absolute atomic E-state index is 12.4. The van der Waals surface area contributed by atoms with Gasteiger partial charge in [0.1, 0.15) is 11.5 Å². The second-order valence-electron chi connectivity index (χ2n) is 7.00. The predicted octanol–water partition coefficient (Wildman–Crippen LogP) is 3.31. The standard InChI is InChI=1S/C22H23N3O4/c1-27-17-10-7-15(8-11-17)9-12-20(26)25-13-16(14-25)22-23-21(24-29-22)18-5-3-4-6-19(18)28-2/h3-8,10-11,16H,9,12-14H2,1-2H3. The van der Waals surface area contributed by atoms with Crippen molar-refractivity contribution in [2.24, 2.45) is 0 Å². The lowest BCUT2D eigenvalue weighted by Gasteiger charge is -2.37. The topological polar surface area (TPSA) is 77.7 Å². The van der Waals surface area contributed by atoms with Crippen LogP contribution < -0.4 is 9.47 Å². The van der Waals surface area contributed by atoms with Gasteiger partial charge in [0.15, 0.2) is 0 Å². The number of ether oxygens (including phenoxy) is 2. The van der Waals surface area contributed by atoms with Crippen molar-refractivity contribution in [3.05, 3.63) is 60.0 Å². The highest BCUT2D eigenvalue weighted by atomic mass is 16.5. The van der Waals surface area contributed by atoms with Crippen LogP contribution in [0.3, 0.4) is 0 Å². The zero-order valence-corrected chi connectivity index (χ0v) is 16.5. The largest absolute Gasteiger partial charge is 0.497 e. The molecule has 1 aromatic heterocycles. The number of para-hydroxylation sites is 1. The molecular formula is C22H23N3O4. The Hall–Kier alpha value is -3.35. The number of amides is 1. The van der Waals surface area contributed by atoms with Gasteiger partial charge in [0.25, 0.3) is 0 Å². The molecule has 0 bridgehead atoms. The lowest BCUT2D eigenvalue weighted by Crippen LogP contribution is -2.48. The van der Waals surface area contributed by atoms with Crippen LogP contribution in [0.1, 0.15) is 23.8 Å². The van der Waals surface area contributed by atoms with Crippen LogP contribution in [0.25, 0.3) is 11.4 Å². The molecule has 3 aromatic rings. The first-order valence-electron chi connectivity index (χ1n) is 9.55. The summed E-state index contributed by atoms with van der Waals surface area (Å²) in [5.74, 6) is 2.80. The van der Waals surface area contributed by atoms with E-state index in [1.807, 2.05) is 53.4 Å².